The van der Waals surface area contributed by atoms with Crippen molar-refractivity contribution in [3.63, 3.8) is 0 Å². The van der Waals surface area contributed by atoms with Crippen molar-refractivity contribution in [2.75, 3.05) is 12.4 Å². The van der Waals surface area contributed by atoms with E-state index in [1.54, 1.807) is 0 Å². The van der Waals surface area contributed by atoms with Crippen LogP contribution in [-0.2, 0) is 0 Å². The molecule has 0 saturated heterocycles. The number of rotatable bonds is 7. The van der Waals surface area contributed by atoms with Crippen LogP contribution in [0.15, 0.2) is 18.2 Å². The highest BCUT2D eigenvalue weighted by molar-refractivity contribution is 6.17. The van der Waals surface area contributed by atoms with Crippen molar-refractivity contribution in [2.45, 2.75) is 25.7 Å². The number of alkyl halides is 1. The number of benzene rings is 1. The topological polar surface area (TPSA) is 29.1 Å². The first-order valence-electron chi connectivity index (χ1n) is 5.94. The van der Waals surface area contributed by atoms with Crippen molar-refractivity contribution >= 4 is 17.5 Å². The van der Waals surface area contributed by atoms with E-state index in [0.717, 1.165) is 37.8 Å². The molecule has 0 atom stereocenters. The summed E-state index contributed by atoms with van der Waals surface area (Å²) < 4.78 is 25.6. The summed E-state index contributed by atoms with van der Waals surface area (Å²) in [4.78, 5) is 11.6. The molecule has 100 valence electrons. The van der Waals surface area contributed by atoms with Crippen molar-refractivity contribution in [1.82, 2.24) is 5.32 Å². The normalized spacial score (nSPS) is 10.4. The Bertz CT molecular complexity index is 399. The summed E-state index contributed by atoms with van der Waals surface area (Å²) in [5.74, 6) is -1.69. The fraction of sp³-hybridized carbons (Fsp3) is 0.462. The number of halogens is 3. The predicted molar refractivity (Wildman–Crippen MR) is 67.9 cm³/mol. The van der Waals surface area contributed by atoms with Crippen molar-refractivity contribution in [2.24, 2.45) is 0 Å². The summed E-state index contributed by atoms with van der Waals surface area (Å²) in [6.45, 7) is 0.528. The summed E-state index contributed by atoms with van der Waals surface area (Å²) in [6.07, 6.45) is 3.85. The van der Waals surface area contributed by atoms with Crippen LogP contribution < -0.4 is 5.32 Å². The summed E-state index contributed by atoms with van der Waals surface area (Å²) in [6, 6.07) is 3.12. The number of nitrogens with one attached hydrogen (secondary N) is 1. The molecule has 0 bridgehead atoms. The van der Waals surface area contributed by atoms with Gasteiger partial charge in [-0.1, -0.05) is 12.8 Å². The second-order valence-corrected chi connectivity index (χ2v) is 4.37. The molecule has 0 heterocycles. The second-order valence-electron chi connectivity index (χ2n) is 3.99. The maximum Gasteiger partial charge on any atom is 0.251 e. The van der Waals surface area contributed by atoms with Gasteiger partial charge in [-0.15, -0.1) is 11.6 Å². The average Bonchev–Trinajstić information content (AvgIpc) is 2.36. The molecular weight excluding hydrogens is 260 g/mol. The third-order valence-electron chi connectivity index (χ3n) is 2.53. The van der Waals surface area contributed by atoms with Crippen LogP contribution in [0, 0.1) is 11.6 Å². The Labute approximate surface area is 110 Å². The molecule has 1 aromatic rings. The molecule has 1 aromatic carbocycles. The van der Waals surface area contributed by atoms with Crippen LogP contribution in [0.3, 0.4) is 0 Å². The van der Waals surface area contributed by atoms with E-state index in [-0.39, 0.29) is 11.5 Å². The summed E-state index contributed by atoms with van der Waals surface area (Å²) in [7, 11) is 0. The van der Waals surface area contributed by atoms with E-state index in [0.29, 0.717) is 12.4 Å². The molecule has 0 aliphatic carbocycles. The first kappa shape index (κ1) is 14.9. The number of carbonyl (C=O) groups is 1. The minimum Gasteiger partial charge on any atom is -0.352 e. The van der Waals surface area contributed by atoms with Crippen molar-refractivity contribution in [3.8, 4) is 0 Å². The lowest BCUT2D eigenvalue weighted by Gasteiger charge is -2.05. The SMILES string of the molecule is O=C(NCCCCCCCl)c1ccc(F)c(F)c1. The van der Waals surface area contributed by atoms with Gasteiger partial charge in [0.1, 0.15) is 0 Å². The number of carbonyl (C=O) groups excluding carboxylic acids is 1. The molecule has 0 radical (unpaired) electrons. The van der Waals surface area contributed by atoms with Crippen LogP contribution in [0.5, 0.6) is 0 Å². The van der Waals surface area contributed by atoms with Crippen LogP contribution in [0.2, 0.25) is 0 Å². The molecule has 18 heavy (non-hydrogen) atoms. The fourth-order valence-corrected chi connectivity index (χ4v) is 1.70. The largest absolute Gasteiger partial charge is 0.352 e. The highest BCUT2D eigenvalue weighted by atomic mass is 35.5. The van der Waals surface area contributed by atoms with E-state index in [2.05, 4.69) is 5.32 Å². The van der Waals surface area contributed by atoms with E-state index in [4.69, 9.17) is 11.6 Å². The minimum atomic E-state index is -1.01. The van der Waals surface area contributed by atoms with E-state index in [1.807, 2.05) is 0 Å². The van der Waals surface area contributed by atoms with Crippen LogP contribution in [0.4, 0.5) is 8.78 Å². The molecule has 5 heteroatoms. The van der Waals surface area contributed by atoms with Gasteiger partial charge in [-0.05, 0) is 31.0 Å². The quantitative estimate of drug-likeness (QED) is 0.599. The van der Waals surface area contributed by atoms with E-state index >= 15 is 0 Å². The van der Waals surface area contributed by atoms with E-state index in [1.165, 1.54) is 6.07 Å². The molecule has 0 spiro atoms. The van der Waals surface area contributed by atoms with Crippen molar-refractivity contribution < 1.29 is 13.6 Å². The molecular formula is C13H16ClF2NO. The van der Waals surface area contributed by atoms with Gasteiger partial charge >= 0.3 is 0 Å². The zero-order valence-electron chi connectivity index (χ0n) is 10.0. The van der Waals surface area contributed by atoms with Crippen LogP contribution in [0.1, 0.15) is 36.0 Å². The lowest BCUT2D eigenvalue weighted by Crippen LogP contribution is -2.24. The van der Waals surface area contributed by atoms with E-state index < -0.39 is 11.6 Å². The average molecular weight is 276 g/mol. The zero-order chi connectivity index (χ0) is 13.4. The Hall–Kier alpha value is -1.16. The molecule has 0 fully saturated rings. The lowest BCUT2D eigenvalue weighted by molar-refractivity contribution is 0.0952. The summed E-state index contributed by atoms with van der Waals surface area (Å²) in [5, 5.41) is 2.66. The zero-order valence-corrected chi connectivity index (χ0v) is 10.8. The maximum absolute atomic E-state index is 12.9. The highest BCUT2D eigenvalue weighted by Crippen LogP contribution is 2.08. The molecule has 2 nitrogen and oxygen atoms in total. The summed E-state index contributed by atoms with van der Waals surface area (Å²) >= 11 is 5.54. The van der Waals surface area contributed by atoms with Gasteiger partial charge in [-0.25, -0.2) is 8.78 Å². The lowest BCUT2D eigenvalue weighted by atomic mass is 10.2. The van der Waals surface area contributed by atoms with Gasteiger partial charge in [0.25, 0.3) is 5.91 Å². The van der Waals surface area contributed by atoms with Gasteiger partial charge in [0.15, 0.2) is 11.6 Å². The summed E-state index contributed by atoms with van der Waals surface area (Å²) in [5.41, 5.74) is 0.134. The molecule has 0 saturated carbocycles. The van der Waals surface area contributed by atoms with Gasteiger partial charge in [0.2, 0.25) is 0 Å². The Balaban J connectivity index is 2.30. The first-order valence-corrected chi connectivity index (χ1v) is 6.48. The van der Waals surface area contributed by atoms with Gasteiger partial charge in [0, 0.05) is 18.0 Å². The molecule has 0 aliphatic heterocycles. The molecule has 0 unspecified atom stereocenters. The van der Waals surface area contributed by atoms with Crippen molar-refractivity contribution in [1.29, 1.82) is 0 Å². The molecule has 0 aliphatic rings. The molecule has 1 amide bonds. The second kappa shape index (κ2) is 8.03. The first-order chi connectivity index (χ1) is 8.65. The third-order valence-corrected chi connectivity index (χ3v) is 2.80. The minimum absolute atomic E-state index is 0.134. The maximum atomic E-state index is 12.9. The van der Waals surface area contributed by atoms with E-state index in [9.17, 15) is 13.6 Å². The number of hydrogen-bond acceptors (Lipinski definition) is 1. The molecule has 1 N–H and O–H groups in total. The number of amides is 1. The van der Waals surface area contributed by atoms with Gasteiger partial charge in [-0.3, -0.25) is 4.79 Å². The number of unbranched alkanes of at least 4 members (excludes halogenated alkanes) is 3. The van der Waals surface area contributed by atoms with Crippen LogP contribution in [-0.4, -0.2) is 18.3 Å². The van der Waals surface area contributed by atoms with Crippen LogP contribution >= 0.6 is 11.6 Å². The van der Waals surface area contributed by atoms with Gasteiger partial charge in [-0.2, -0.15) is 0 Å². The molecule has 0 aromatic heterocycles. The van der Waals surface area contributed by atoms with Gasteiger partial charge in [0.05, 0.1) is 0 Å². The van der Waals surface area contributed by atoms with Crippen LogP contribution in [0.25, 0.3) is 0 Å². The molecule has 1 rings (SSSR count). The Morgan fingerprint density at radius 1 is 1.11 bits per heavy atom. The fourth-order valence-electron chi connectivity index (χ4n) is 1.51. The monoisotopic (exact) mass is 275 g/mol. The Morgan fingerprint density at radius 2 is 1.83 bits per heavy atom. The Morgan fingerprint density at radius 3 is 2.50 bits per heavy atom. The standard InChI is InChI=1S/C13H16ClF2NO/c14-7-3-1-2-4-8-17-13(18)10-5-6-11(15)12(16)9-10/h5-6,9H,1-4,7-8H2,(H,17,18). The van der Waals surface area contributed by atoms with Gasteiger partial charge < -0.3 is 5.32 Å². The highest BCUT2D eigenvalue weighted by Gasteiger charge is 2.08. The Kier molecular flexibility index (Phi) is 6.65. The smallest absolute Gasteiger partial charge is 0.251 e. The predicted octanol–water partition coefficient (Wildman–Crippen LogP) is 3.49. The number of hydrogen-bond donors (Lipinski definition) is 1. The van der Waals surface area contributed by atoms with Crippen molar-refractivity contribution in [3.05, 3.63) is 35.4 Å². The third kappa shape index (κ3) is 5.00.